The normalized spacial score (nSPS) is 17.2. The zero-order chi connectivity index (χ0) is 18.7. The van der Waals surface area contributed by atoms with Crippen LogP contribution in [0, 0.1) is 6.92 Å². The van der Waals surface area contributed by atoms with Crippen LogP contribution in [-0.2, 0) is 20.0 Å². The summed E-state index contributed by atoms with van der Waals surface area (Å²) in [6, 6.07) is -0.870. The standard InChI is InChI=1S/C17H18N4O/c1-11-13(19-10-18-11)9-21-8-7-15-16(17(21)22)12-5-3-4-6-14(12)20(15)2/h3-6,10H,7-9H2,1-2H3,(H,18,19)/i3D,4D,5D,6D. The smallest absolute Gasteiger partial charge is 0.256 e. The third-order valence-electron chi connectivity index (χ3n) is 4.34. The van der Waals surface area contributed by atoms with Gasteiger partial charge in [-0.25, -0.2) is 4.98 Å². The van der Waals surface area contributed by atoms with E-state index >= 15 is 0 Å². The molecule has 1 aliphatic rings. The first kappa shape index (κ1) is 9.46. The van der Waals surface area contributed by atoms with Crippen LogP contribution in [0.4, 0.5) is 0 Å². The number of aryl methyl sites for hydroxylation is 2. The molecule has 3 aromatic rings. The fraction of sp³-hybridized carbons (Fsp3) is 0.294. The van der Waals surface area contributed by atoms with Crippen molar-refractivity contribution in [3.05, 3.63) is 53.1 Å². The number of nitrogens with one attached hydrogen (secondary N) is 1. The molecular formula is C17H18N4O. The van der Waals surface area contributed by atoms with Crippen LogP contribution in [0.1, 0.15) is 32.9 Å². The highest BCUT2D eigenvalue weighted by atomic mass is 16.2. The lowest BCUT2D eigenvalue weighted by atomic mass is 10.0. The van der Waals surface area contributed by atoms with Gasteiger partial charge in [-0.15, -0.1) is 0 Å². The molecule has 112 valence electrons. The molecule has 0 atom stereocenters. The Hall–Kier alpha value is -2.56. The largest absolute Gasteiger partial charge is 0.348 e. The SMILES string of the molecule is [2H]c1c([2H])c([2H])c2c(c1[2H])c1c(n2C)CCN(Cc2nc[nH]c2C)C1=O. The third kappa shape index (κ3) is 1.78. The molecule has 4 rings (SSSR count). The number of nitrogens with zero attached hydrogens (tertiary/aromatic N) is 3. The number of aromatic amines is 1. The van der Waals surface area contributed by atoms with Crippen molar-refractivity contribution >= 4 is 16.8 Å². The van der Waals surface area contributed by atoms with Crippen molar-refractivity contribution in [1.29, 1.82) is 0 Å². The lowest BCUT2D eigenvalue weighted by molar-refractivity contribution is 0.0725. The van der Waals surface area contributed by atoms with Crippen molar-refractivity contribution < 1.29 is 10.3 Å². The Morgan fingerprint density at radius 1 is 1.41 bits per heavy atom. The summed E-state index contributed by atoms with van der Waals surface area (Å²) in [7, 11) is 1.75. The Kier molecular flexibility index (Phi) is 2.03. The van der Waals surface area contributed by atoms with Crippen molar-refractivity contribution in [2.45, 2.75) is 19.9 Å². The van der Waals surface area contributed by atoms with Crippen molar-refractivity contribution in [1.82, 2.24) is 19.4 Å². The van der Waals surface area contributed by atoms with Gasteiger partial charge in [-0.3, -0.25) is 4.79 Å². The van der Waals surface area contributed by atoms with Crippen molar-refractivity contribution in [2.24, 2.45) is 7.05 Å². The van der Waals surface area contributed by atoms with Crippen molar-refractivity contribution in [3.8, 4) is 0 Å². The van der Waals surface area contributed by atoms with E-state index in [0.29, 0.717) is 36.0 Å². The molecule has 1 aromatic carbocycles. The average molecular weight is 298 g/mol. The number of aromatic nitrogens is 3. The monoisotopic (exact) mass is 298 g/mol. The van der Waals surface area contributed by atoms with Gasteiger partial charge in [-0.1, -0.05) is 18.1 Å². The van der Waals surface area contributed by atoms with Gasteiger partial charge in [0.05, 0.1) is 29.6 Å². The summed E-state index contributed by atoms with van der Waals surface area (Å²) < 4.78 is 34.1. The first-order valence-corrected chi connectivity index (χ1v) is 7.18. The van der Waals surface area contributed by atoms with Gasteiger partial charge in [-0.05, 0) is 13.0 Å². The maximum absolute atomic E-state index is 13.2. The average Bonchev–Trinajstić information content (AvgIpc) is 3.15. The van der Waals surface area contributed by atoms with Crippen LogP contribution in [-0.4, -0.2) is 31.9 Å². The second-order valence-electron chi connectivity index (χ2n) is 5.56. The van der Waals surface area contributed by atoms with E-state index in [1.54, 1.807) is 22.8 Å². The Balaban J connectivity index is 1.90. The first-order chi connectivity index (χ1) is 12.3. The summed E-state index contributed by atoms with van der Waals surface area (Å²) in [4.78, 5) is 22.1. The molecule has 0 saturated heterocycles. The van der Waals surface area contributed by atoms with Gasteiger partial charge in [0.15, 0.2) is 0 Å². The van der Waals surface area contributed by atoms with E-state index in [4.69, 9.17) is 5.48 Å². The number of rotatable bonds is 2. The van der Waals surface area contributed by atoms with E-state index in [1.165, 1.54) is 0 Å². The van der Waals surface area contributed by atoms with E-state index < -0.39 is 0 Å². The molecule has 0 aliphatic carbocycles. The number of H-pyrrole nitrogens is 1. The molecule has 3 heterocycles. The lowest BCUT2D eigenvalue weighted by Crippen LogP contribution is -2.37. The minimum atomic E-state index is -0.316. The molecule has 22 heavy (non-hydrogen) atoms. The fourth-order valence-corrected chi connectivity index (χ4v) is 3.09. The number of carbonyl (C=O) groups is 1. The number of hydrogen-bond acceptors (Lipinski definition) is 2. The van der Waals surface area contributed by atoms with E-state index in [2.05, 4.69) is 9.97 Å². The number of amides is 1. The van der Waals surface area contributed by atoms with Gasteiger partial charge >= 0.3 is 0 Å². The maximum Gasteiger partial charge on any atom is 0.256 e. The minimum absolute atomic E-state index is 0.111. The predicted octanol–water partition coefficient (Wildman–Crippen LogP) is 2.41. The molecule has 0 unspecified atom stereocenters. The summed E-state index contributed by atoms with van der Waals surface area (Å²) >= 11 is 0. The highest BCUT2D eigenvalue weighted by Crippen LogP contribution is 2.30. The highest BCUT2D eigenvalue weighted by molar-refractivity contribution is 6.09. The predicted molar refractivity (Wildman–Crippen MR) is 84.7 cm³/mol. The number of fused-ring (bicyclic) bond motifs is 3. The molecule has 0 saturated carbocycles. The minimum Gasteiger partial charge on any atom is -0.348 e. The number of para-hydroxylation sites is 1. The Bertz CT molecular complexity index is 1070. The van der Waals surface area contributed by atoms with E-state index in [-0.39, 0.29) is 30.1 Å². The van der Waals surface area contributed by atoms with E-state index in [1.807, 2.05) is 6.92 Å². The van der Waals surface area contributed by atoms with Crippen LogP contribution in [0.5, 0.6) is 0 Å². The highest BCUT2D eigenvalue weighted by Gasteiger charge is 2.30. The Labute approximate surface area is 134 Å². The molecule has 5 nitrogen and oxygen atoms in total. The third-order valence-corrected chi connectivity index (χ3v) is 4.34. The van der Waals surface area contributed by atoms with E-state index in [9.17, 15) is 4.79 Å². The van der Waals surface area contributed by atoms with Crippen LogP contribution >= 0.6 is 0 Å². The molecule has 0 bridgehead atoms. The van der Waals surface area contributed by atoms with Crippen LogP contribution in [0.2, 0.25) is 0 Å². The van der Waals surface area contributed by atoms with E-state index in [0.717, 1.165) is 17.1 Å². The molecule has 5 heteroatoms. The number of hydrogen-bond donors (Lipinski definition) is 1. The molecular weight excluding hydrogens is 276 g/mol. The second-order valence-corrected chi connectivity index (χ2v) is 5.56. The molecule has 2 aromatic heterocycles. The molecule has 1 N–H and O–H groups in total. The molecule has 0 radical (unpaired) electrons. The number of carbonyl (C=O) groups excluding carboxylic acids is 1. The summed E-state index contributed by atoms with van der Waals surface area (Å²) in [6.45, 7) is 2.79. The van der Waals surface area contributed by atoms with Gasteiger partial charge in [-0.2, -0.15) is 0 Å². The Morgan fingerprint density at radius 2 is 2.23 bits per heavy atom. The van der Waals surface area contributed by atoms with Crippen LogP contribution in [0.15, 0.2) is 30.5 Å². The summed E-state index contributed by atoms with van der Waals surface area (Å²) in [5, 5.41) is 0.307. The quantitative estimate of drug-likeness (QED) is 0.790. The zero-order valence-electron chi connectivity index (χ0n) is 16.4. The molecule has 1 aliphatic heterocycles. The summed E-state index contributed by atoms with van der Waals surface area (Å²) in [6.07, 6.45) is 2.19. The zero-order valence-corrected chi connectivity index (χ0v) is 12.4. The summed E-state index contributed by atoms with van der Waals surface area (Å²) in [5.41, 5.74) is 3.22. The van der Waals surface area contributed by atoms with Gasteiger partial charge in [0.1, 0.15) is 0 Å². The molecule has 1 amide bonds. The fourth-order valence-electron chi connectivity index (χ4n) is 3.09. The Morgan fingerprint density at radius 3 is 3.00 bits per heavy atom. The van der Waals surface area contributed by atoms with Crippen LogP contribution < -0.4 is 0 Å². The van der Waals surface area contributed by atoms with Crippen molar-refractivity contribution in [2.75, 3.05) is 6.54 Å². The first-order valence-electron chi connectivity index (χ1n) is 9.18. The van der Waals surface area contributed by atoms with Crippen LogP contribution in [0.3, 0.4) is 0 Å². The molecule has 0 fully saturated rings. The maximum atomic E-state index is 13.2. The topological polar surface area (TPSA) is 53.9 Å². The van der Waals surface area contributed by atoms with Crippen molar-refractivity contribution in [3.63, 3.8) is 0 Å². The van der Waals surface area contributed by atoms with Crippen LogP contribution in [0.25, 0.3) is 10.9 Å². The number of benzene rings is 1. The second kappa shape index (κ2) is 4.73. The molecule has 0 spiro atoms. The summed E-state index contributed by atoms with van der Waals surface area (Å²) in [5.74, 6) is -0.218. The van der Waals surface area contributed by atoms with Gasteiger partial charge < -0.3 is 14.5 Å². The lowest BCUT2D eigenvalue weighted by Gasteiger charge is -2.27. The van der Waals surface area contributed by atoms with Gasteiger partial charge in [0.25, 0.3) is 5.91 Å². The number of imidazole rings is 1. The van der Waals surface area contributed by atoms with Gasteiger partial charge in [0.2, 0.25) is 0 Å². The van der Waals surface area contributed by atoms with Gasteiger partial charge in [0, 0.05) is 42.3 Å².